The predicted octanol–water partition coefficient (Wildman–Crippen LogP) is 4.82. The monoisotopic (exact) mass is 441 g/mol. The second-order valence-electron chi connectivity index (χ2n) is 6.96. The molecule has 1 aromatic heterocycles. The van der Waals surface area contributed by atoms with Crippen molar-refractivity contribution in [3.8, 4) is 5.75 Å². The van der Waals surface area contributed by atoms with Gasteiger partial charge in [-0.05, 0) is 57.2 Å². The normalized spacial score (nSPS) is 10.9. The van der Waals surface area contributed by atoms with Crippen LogP contribution in [0.5, 0.6) is 5.75 Å². The summed E-state index contributed by atoms with van der Waals surface area (Å²) in [5.41, 5.74) is 3.75. The fraction of sp³-hybridized carbons (Fsp3) is 0.273. The first-order valence-electron chi connectivity index (χ1n) is 9.20. The lowest BCUT2D eigenvalue weighted by Gasteiger charge is -2.10. The number of ether oxygens (including phenoxy) is 1. The molecule has 3 aromatic rings. The summed E-state index contributed by atoms with van der Waals surface area (Å²) in [5, 5.41) is 7.08. The smallest absolute Gasteiger partial charge is 0.251 e. The largest absolute Gasteiger partial charge is 0.489 e. The number of aryl methyl sites for hydroxylation is 1. The molecule has 1 amide bonds. The lowest BCUT2D eigenvalue weighted by molar-refractivity contribution is 0.0950. The van der Waals surface area contributed by atoms with Crippen LogP contribution in [0.15, 0.2) is 59.2 Å². The molecule has 0 aliphatic carbocycles. The molecule has 0 aliphatic rings. The summed E-state index contributed by atoms with van der Waals surface area (Å²) >= 11 is 3.44. The Morgan fingerprint density at radius 2 is 1.96 bits per heavy atom. The van der Waals surface area contributed by atoms with Crippen molar-refractivity contribution >= 4 is 21.8 Å². The maximum atomic E-state index is 12.5. The summed E-state index contributed by atoms with van der Waals surface area (Å²) in [6.45, 7) is 5.15. The molecule has 0 spiro atoms. The van der Waals surface area contributed by atoms with Crippen LogP contribution >= 0.6 is 15.9 Å². The Bertz CT molecular complexity index is 929. The molecule has 28 heavy (non-hydrogen) atoms. The van der Waals surface area contributed by atoms with Crippen molar-refractivity contribution < 1.29 is 9.53 Å². The second kappa shape index (κ2) is 9.06. The van der Waals surface area contributed by atoms with E-state index in [1.54, 1.807) is 16.9 Å². The molecule has 6 heteroatoms. The molecule has 0 unspecified atom stereocenters. The van der Waals surface area contributed by atoms with Crippen LogP contribution in [0.25, 0.3) is 0 Å². The van der Waals surface area contributed by atoms with Crippen molar-refractivity contribution in [1.82, 2.24) is 15.1 Å². The van der Waals surface area contributed by atoms with Crippen molar-refractivity contribution in [3.63, 3.8) is 0 Å². The quantitative estimate of drug-likeness (QED) is 0.571. The van der Waals surface area contributed by atoms with Crippen molar-refractivity contribution in [2.75, 3.05) is 0 Å². The molecule has 0 radical (unpaired) electrons. The predicted molar refractivity (Wildman–Crippen MR) is 113 cm³/mol. The Morgan fingerprint density at radius 3 is 2.61 bits per heavy atom. The maximum absolute atomic E-state index is 12.5. The van der Waals surface area contributed by atoms with Gasteiger partial charge in [0.15, 0.2) is 0 Å². The Balaban J connectivity index is 1.59. The zero-order valence-corrected chi connectivity index (χ0v) is 17.9. The van der Waals surface area contributed by atoms with Gasteiger partial charge in [-0.1, -0.05) is 38.1 Å². The molecule has 0 saturated heterocycles. The van der Waals surface area contributed by atoms with Crippen molar-refractivity contribution in [2.45, 2.75) is 32.9 Å². The third-order valence-electron chi connectivity index (χ3n) is 4.57. The molecule has 1 heterocycles. The summed E-state index contributed by atoms with van der Waals surface area (Å²) in [6.07, 6.45) is 1.72. The molecule has 0 saturated carbocycles. The number of nitrogens with zero attached hydrogens (tertiary/aromatic N) is 2. The van der Waals surface area contributed by atoms with E-state index in [2.05, 4.69) is 52.3 Å². The van der Waals surface area contributed by atoms with Gasteiger partial charge in [0.2, 0.25) is 0 Å². The van der Waals surface area contributed by atoms with Gasteiger partial charge in [-0.15, -0.1) is 0 Å². The van der Waals surface area contributed by atoms with Crippen molar-refractivity contribution in [2.24, 2.45) is 7.05 Å². The van der Waals surface area contributed by atoms with Gasteiger partial charge in [-0.2, -0.15) is 5.10 Å². The summed E-state index contributed by atoms with van der Waals surface area (Å²) in [6, 6.07) is 15.6. The van der Waals surface area contributed by atoms with Crippen LogP contribution in [0.2, 0.25) is 0 Å². The standard InChI is InChI=1S/C22H24BrN3O2/c1-15(2)17-7-9-19(10-8-17)28-14-16-5-4-6-18(11-16)22(27)24-13-21-20(23)12-25-26(21)3/h4-12,15H,13-14H2,1-3H3,(H,24,27). The number of hydrogen-bond donors (Lipinski definition) is 1. The van der Waals surface area contributed by atoms with E-state index in [4.69, 9.17) is 4.74 Å². The van der Waals surface area contributed by atoms with Gasteiger partial charge < -0.3 is 10.1 Å². The third-order valence-corrected chi connectivity index (χ3v) is 5.23. The van der Waals surface area contributed by atoms with Gasteiger partial charge in [0, 0.05) is 12.6 Å². The number of carbonyl (C=O) groups is 1. The minimum Gasteiger partial charge on any atom is -0.489 e. The van der Waals surface area contributed by atoms with Crippen LogP contribution in [0, 0.1) is 0 Å². The minimum atomic E-state index is -0.128. The number of carbonyl (C=O) groups excluding carboxylic acids is 1. The number of aromatic nitrogens is 2. The highest BCUT2D eigenvalue weighted by Crippen LogP contribution is 2.20. The molecular formula is C22H24BrN3O2. The lowest BCUT2D eigenvalue weighted by atomic mass is 10.0. The van der Waals surface area contributed by atoms with Crippen molar-refractivity contribution in [1.29, 1.82) is 0 Å². The first kappa shape index (κ1) is 20.1. The first-order chi connectivity index (χ1) is 13.4. The van der Waals surface area contributed by atoms with E-state index in [0.717, 1.165) is 21.5 Å². The zero-order chi connectivity index (χ0) is 20.1. The van der Waals surface area contributed by atoms with Gasteiger partial charge in [0.05, 0.1) is 22.9 Å². The fourth-order valence-electron chi connectivity index (χ4n) is 2.82. The maximum Gasteiger partial charge on any atom is 0.251 e. The van der Waals surface area contributed by atoms with E-state index in [1.807, 2.05) is 37.4 Å². The van der Waals surface area contributed by atoms with Gasteiger partial charge in [0.25, 0.3) is 5.91 Å². The van der Waals surface area contributed by atoms with Gasteiger partial charge in [-0.25, -0.2) is 0 Å². The zero-order valence-electron chi connectivity index (χ0n) is 16.3. The van der Waals surface area contributed by atoms with Crippen LogP contribution in [-0.4, -0.2) is 15.7 Å². The fourth-order valence-corrected chi connectivity index (χ4v) is 3.31. The van der Waals surface area contributed by atoms with Crippen LogP contribution < -0.4 is 10.1 Å². The van der Waals surface area contributed by atoms with E-state index in [1.165, 1.54) is 5.56 Å². The number of benzene rings is 2. The van der Waals surface area contributed by atoms with Gasteiger partial charge in [-0.3, -0.25) is 9.48 Å². The molecule has 146 valence electrons. The number of halogens is 1. The topological polar surface area (TPSA) is 56.1 Å². The second-order valence-corrected chi connectivity index (χ2v) is 7.81. The van der Waals surface area contributed by atoms with Crippen LogP contribution in [0.3, 0.4) is 0 Å². The van der Waals surface area contributed by atoms with E-state index in [0.29, 0.717) is 24.6 Å². The Hall–Kier alpha value is -2.60. The van der Waals surface area contributed by atoms with E-state index in [-0.39, 0.29) is 5.91 Å². The van der Waals surface area contributed by atoms with Gasteiger partial charge >= 0.3 is 0 Å². The average Bonchev–Trinajstić information content (AvgIpc) is 3.02. The number of hydrogen-bond acceptors (Lipinski definition) is 3. The molecule has 5 nitrogen and oxygen atoms in total. The summed E-state index contributed by atoms with van der Waals surface area (Å²) in [7, 11) is 1.85. The number of amides is 1. The lowest BCUT2D eigenvalue weighted by Crippen LogP contribution is -2.24. The van der Waals surface area contributed by atoms with Crippen LogP contribution in [0.1, 0.15) is 46.9 Å². The molecule has 2 aromatic carbocycles. The molecule has 0 fully saturated rings. The molecule has 0 atom stereocenters. The highest BCUT2D eigenvalue weighted by molar-refractivity contribution is 9.10. The molecule has 0 aliphatic heterocycles. The number of rotatable bonds is 7. The van der Waals surface area contributed by atoms with E-state index in [9.17, 15) is 4.79 Å². The minimum absolute atomic E-state index is 0.128. The first-order valence-corrected chi connectivity index (χ1v) is 9.99. The van der Waals surface area contributed by atoms with Crippen LogP contribution in [0.4, 0.5) is 0 Å². The summed E-state index contributed by atoms with van der Waals surface area (Å²) in [4.78, 5) is 12.5. The molecule has 0 bridgehead atoms. The highest BCUT2D eigenvalue weighted by Gasteiger charge is 2.10. The number of nitrogens with one attached hydrogen (secondary N) is 1. The van der Waals surface area contributed by atoms with E-state index < -0.39 is 0 Å². The highest BCUT2D eigenvalue weighted by atomic mass is 79.9. The van der Waals surface area contributed by atoms with Gasteiger partial charge in [0.1, 0.15) is 12.4 Å². The molecular weight excluding hydrogens is 418 g/mol. The van der Waals surface area contributed by atoms with Crippen LogP contribution in [-0.2, 0) is 20.2 Å². The molecule has 1 N–H and O–H groups in total. The van der Waals surface area contributed by atoms with E-state index >= 15 is 0 Å². The van der Waals surface area contributed by atoms with Crippen molar-refractivity contribution in [3.05, 3.63) is 81.6 Å². The third kappa shape index (κ3) is 5.01. The average molecular weight is 442 g/mol. The summed E-state index contributed by atoms with van der Waals surface area (Å²) in [5.74, 6) is 1.19. The SMILES string of the molecule is CC(C)c1ccc(OCc2cccc(C(=O)NCc3c(Br)cnn3C)c2)cc1. The summed E-state index contributed by atoms with van der Waals surface area (Å²) < 4.78 is 8.47. The Kier molecular flexibility index (Phi) is 6.52. The Morgan fingerprint density at radius 1 is 1.21 bits per heavy atom. The molecule has 3 rings (SSSR count). The Labute approximate surface area is 173 Å².